The highest BCUT2D eigenvalue weighted by molar-refractivity contribution is 9.10. The molecule has 0 fully saturated rings. The summed E-state index contributed by atoms with van der Waals surface area (Å²) in [6.45, 7) is 2.20. The Morgan fingerprint density at radius 2 is 2.15 bits per heavy atom. The summed E-state index contributed by atoms with van der Waals surface area (Å²) < 4.78 is 18.4. The van der Waals surface area contributed by atoms with Crippen molar-refractivity contribution in [3.63, 3.8) is 0 Å². The molecule has 0 unspecified atom stereocenters. The number of aryl methyl sites for hydroxylation is 1. The number of aromatic nitrogens is 2. The number of rotatable bonds is 4. The van der Waals surface area contributed by atoms with Gasteiger partial charge in [-0.15, -0.1) is 0 Å². The van der Waals surface area contributed by atoms with E-state index >= 15 is 0 Å². The van der Waals surface area contributed by atoms with Crippen LogP contribution in [0.1, 0.15) is 17.2 Å². The summed E-state index contributed by atoms with van der Waals surface area (Å²) >= 11 is 3.13. The molecule has 0 aromatic carbocycles. The topological polar surface area (TPSA) is 80.0 Å². The summed E-state index contributed by atoms with van der Waals surface area (Å²) in [5.41, 5.74) is 0.678. The summed E-state index contributed by atoms with van der Waals surface area (Å²) in [4.78, 5) is 19.1. The lowest BCUT2D eigenvalue weighted by atomic mass is 10.3. The van der Waals surface area contributed by atoms with Gasteiger partial charge in [-0.2, -0.15) is 4.39 Å². The average Bonchev–Trinajstić information content (AvgIpc) is 2.81. The van der Waals surface area contributed by atoms with Crippen LogP contribution in [0.15, 0.2) is 27.3 Å². The summed E-state index contributed by atoms with van der Waals surface area (Å²) in [6, 6.07) is 2.42. The number of carbonyl (C=O) groups is 1. The number of nitrogens with one attached hydrogen (secondary N) is 2. The third kappa shape index (κ3) is 4.02. The van der Waals surface area contributed by atoms with Gasteiger partial charge in [0.05, 0.1) is 12.7 Å². The second kappa shape index (κ2) is 6.47. The maximum atomic E-state index is 12.8. The highest BCUT2D eigenvalue weighted by atomic mass is 79.9. The van der Waals surface area contributed by atoms with E-state index in [-0.39, 0.29) is 19.1 Å². The largest absolute Gasteiger partial charge is 0.444 e. The van der Waals surface area contributed by atoms with Crippen molar-refractivity contribution in [2.75, 3.05) is 0 Å². The zero-order valence-corrected chi connectivity index (χ0v) is 12.2. The van der Waals surface area contributed by atoms with Crippen LogP contribution in [-0.4, -0.2) is 16.0 Å². The fourth-order valence-corrected chi connectivity index (χ4v) is 1.91. The van der Waals surface area contributed by atoms with Crippen molar-refractivity contribution >= 4 is 22.0 Å². The van der Waals surface area contributed by atoms with Crippen molar-refractivity contribution in [2.24, 2.45) is 0 Å². The monoisotopic (exact) mass is 342 g/mol. The standard InChI is InChI=1S/C12H12BrFN4O2/c1-7-15-5-9(20-7)6-17-12(19)16-4-8-2-3-10(14)18-11(8)13/h2-3,5H,4,6H2,1H3,(H2,16,17,19). The minimum atomic E-state index is -0.578. The minimum Gasteiger partial charge on any atom is -0.444 e. The molecule has 2 amide bonds. The first kappa shape index (κ1) is 14.4. The molecule has 0 atom stereocenters. The summed E-state index contributed by atoms with van der Waals surface area (Å²) in [6.07, 6.45) is 1.55. The molecule has 2 heterocycles. The molecule has 6 nitrogen and oxygen atoms in total. The van der Waals surface area contributed by atoms with Crippen molar-refractivity contribution in [3.8, 4) is 0 Å². The van der Waals surface area contributed by atoms with Gasteiger partial charge in [0.2, 0.25) is 5.95 Å². The van der Waals surface area contributed by atoms with Crippen LogP contribution in [0, 0.1) is 12.9 Å². The number of pyridine rings is 1. The second-order valence-electron chi connectivity index (χ2n) is 3.97. The molecular formula is C12H12BrFN4O2. The molecule has 2 rings (SSSR count). The van der Waals surface area contributed by atoms with Crippen LogP contribution in [0.25, 0.3) is 0 Å². The zero-order chi connectivity index (χ0) is 14.5. The highest BCUT2D eigenvalue weighted by Crippen LogP contribution is 2.13. The van der Waals surface area contributed by atoms with Gasteiger partial charge in [0.1, 0.15) is 10.4 Å². The Labute approximate surface area is 122 Å². The molecule has 0 aliphatic rings. The SMILES string of the molecule is Cc1ncc(CNC(=O)NCc2ccc(F)nc2Br)o1. The van der Waals surface area contributed by atoms with E-state index < -0.39 is 5.95 Å². The first-order valence-corrected chi connectivity index (χ1v) is 6.58. The average molecular weight is 343 g/mol. The van der Waals surface area contributed by atoms with Gasteiger partial charge < -0.3 is 15.1 Å². The summed E-state index contributed by atoms with van der Waals surface area (Å²) in [7, 11) is 0. The fourth-order valence-electron chi connectivity index (χ4n) is 1.47. The lowest BCUT2D eigenvalue weighted by molar-refractivity contribution is 0.239. The number of halogens is 2. The molecular weight excluding hydrogens is 331 g/mol. The molecule has 0 spiro atoms. The molecule has 106 valence electrons. The lowest BCUT2D eigenvalue weighted by Crippen LogP contribution is -2.34. The Hall–Kier alpha value is -1.96. The first-order chi connectivity index (χ1) is 9.54. The predicted octanol–water partition coefficient (Wildman–Crippen LogP) is 2.28. The fraction of sp³-hybridized carbons (Fsp3) is 0.250. The zero-order valence-electron chi connectivity index (χ0n) is 10.6. The number of nitrogens with zero attached hydrogens (tertiary/aromatic N) is 2. The van der Waals surface area contributed by atoms with Crippen molar-refractivity contribution in [2.45, 2.75) is 20.0 Å². The van der Waals surface area contributed by atoms with E-state index in [1.165, 1.54) is 6.07 Å². The van der Waals surface area contributed by atoms with Gasteiger partial charge in [-0.05, 0) is 22.0 Å². The number of hydrogen-bond donors (Lipinski definition) is 2. The van der Waals surface area contributed by atoms with Gasteiger partial charge in [0.25, 0.3) is 0 Å². The van der Waals surface area contributed by atoms with Crippen molar-refractivity contribution in [1.82, 2.24) is 20.6 Å². The van der Waals surface area contributed by atoms with Crippen LogP contribution < -0.4 is 10.6 Å². The van der Waals surface area contributed by atoms with E-state index in [2.05, 4.69) is 36.5 Å². The van der Waals surface area contributed by atoms with Crippen LogP contribution in [0.4, 0.5) is 9.18 Å². The van der Waals surface area contributed by atoms with Gasteiger partial charge in [-0.25, -0.2) is 14.8 Å². The van der Waals surface area contributed by atoms with E-state index in [4.69, 9.17) is 4.42 Å². The maximum Gasteiger partial charge on any atom is 0.315 e. The normalized spacial score (nSPS) is 10.3. The van der Waals surface area contributed by atoms with Gasteiger partial charge in [-0.1, -0.05) is 6.07 Å². The first-order valence-electron chi connectivity index (χ1n) is 5.78. The number of amides is 2. The number of carbonyl (C=O) groups excluding carboxylic acids is 1. The van der Waals surface area contributed by atoms with Gasteiger partial charge in [0.15, 0.2) is 5.89 Å². The van der Waals surface area contributed by atoms with E-state index in [0.717, 1.165) is 0 Å². The smallest absolute Gasteiger partial charge is 0.315 e. The Morgan fingerprint density at radius 3 is 2.80 bits per heavy atom. The Balaban J connectivity index is 1.80. The molecule has 0 aliphatic heterocycles. The van der Waals surface area contributed by atoms with Crippen molar-refractivity contribution in [1.29, 1.82) is 0 Å². The van der Waals surface area contributed by atoms with Crippen LogP contribution in [0.2, 0.25) is 0 Å². The molecule has 2 aromatic rings. The third-order valence-electron chi connectivity index (χ3n) is 2.42. The Kier molecular flexibility index (Phi) is 4.67. The molecule has 0 aliphatic carbocycles. The van der Waals surface area contributed by atoms with Crippen LogP contribution >= 0.6 is 15.9 Å². The highest BCUT2D eigenvalue weighted by Gasteiger charge is 2.06. The number of urea groups is 1. The van der Waals surface area contributed by atoms with Gasteiger partial charge in [0, 0.05) is 19.0 Å². The molecule has 2 N–H and O–H groups in total. The molecule has 0 saturated heterocycles. The summed E-state index contributed by atoms with van der Waals surface area (Å²) in [5, 5.41) is 5.25. The van der Waals surface area contributed by atoms with E-state index in [9.17, 15) is 9.18 Å². The van der Waals surface area contributed by atoms with Crippen LogP contribution in [-0.2, 0) is 13.1 Å². The molecule has 8 heteroatoms. The van der Waals surface area contributed by atoms with Gasteiger partial charge in [-0.3, -0.25) is 0 Å². The minimum absolute atomic E-state index is 0.231. The summed E-state index contributed by atoms with van der Waals surface area (Å²) in [5.74, 6) is 0.538. The predicted molar refractivity (Wildman–Crippen MR) is 72.2 cm³/mol. The molecule has 0 bridgehead atoms. The van der Waals surface area contributed by atoms with Crippen molar-refractivity contribution in [3.05, 3.63) is 46.1 Å². The number of hydrogen-bond acceptors (Lipinski definition) is 4. The Bertz CT molecular complexity index is 617. The molecule has 2 aromatic heterocycles. The number of oxazole rings is 1. The Morgan fingerprint density at radius 1 is 1.40 bits per heavy atom. The third-order valence-corrected chi connectivity index (χ3v) is 3.11. The van der Waals surface area contributed by atoms with E-state index in [0.29, 0.717) is 21.8 Å². The quantitative estimate of drug-likeness (QED) is 0.835. The van der Waals surface area contributed by atoms with E-state index in [1.54, 1.807) is 19.2 Å². The maximum absolute atomic E-state index is 12.8. The lowest BCUT2D eigenvalue weighted by Gasteiger charge is -2.07. The molecule has 20 heavy (non-hydrogen) atoms. The van der Waals surface area contributed by atoms with Gasteiger partial charge >= 0.3 is 6.03 Å². The van der Waals surface area contributed by atoms with Crippen LogP contribution in [0.3, 0.4) is 0 Å². The van der Waals surface area contributed by atoms with E-state index in [1.807, 2.05) is 0 Å². The van der Waals surface area contributed by atoms with Crippen molar-refractivity contribution < 1.29 is 13.6 Å². The molecule has 0 radical (unpaired) electrons. The molecule has 0 saturated carbocycles. The van der Waals surface area contributed by atoms with Crippen LogP contribution in [0.5, 0.6) is 0 Å². The second-order valence-corrected chi connectivity index (χ2v) is 4.72.